The number of pyridine rings is 1. The molecule has 0 aromatic carbocycles. The summed E-state index contributed by atoms with van der Waals surface area (Å²) in [6, 6.07) is 1.75. The van der Waals surface area contributed by atoms with Gasteiger partial charge in [0.2, 0.25) is 5.91 Å². The minimum atomic E-state index is -0.227. The first-order chi connectivity index (χ1) is 8.13. The Morgan fingerprint density at radius 3 is 3.00 bits per heavy atom. The maximum atomic E-state index is 11.7. The van der Waals surface area contributed by atoms with Crippen LogP contribution < -0.4 is 10.9 Å². The Labute approximate surface area is 106 Å². The summed E-state index contributed by atoms with van der Waals surface area (Å²) in [5.41, 5.74) is 0.883. The average Bonchev–Trinajstić information content (AvgIpc) is 2.73. The van der Waals surface area contributed by atoms with E-state index >= 15 is 0 Å². The van der Waals surface area contributed by atoms with Crippen LogP contribution in [-0.4, -0.2) is 20.7 Å². The minimum Gasteiger partial charge on any atom is -0.355 e. The summed E-state index contributed by atoms with van der Waals surface area (Å²) in [6.45, 7) is 1.92. The third-order valence-electron chi connectivity index (χ3n) is 2.51. The van der Waals surface area contributed by atoms with Crippen molar-refractivity contribution in [2.75, 3.05) is 5.32 Å². The van der Waals surface area contributed by atoms with Crippen LogP contribution in [-0.2, 0) is 4.79 Å². The van der Waals surface area contributed by atoms with Crippen molar-refractivity contribution in [2.24, 2.45) is 0 Å². The van der Waals surface area contributed by atoms with Crippen molar-refractivity contribution in [1.29, 1.82) is 0 Å². The molecule has 2 heterocycles. The molecule has 0 bridgehead atoms. The first kappa shape index (κ1) is 11.9. The van der Waals surface area contributed by atoms with E-state index in [9.17, 15) is 9.59 Å². The lowest BCUT2D eigenvalue weighted by molar-refractivity contribution is -0.115. The van der Waals surface area contributed by atoms with E-state index in [0.29, 0.717) is 23.0 Å². The molecule has 0 aliphatic carbocycles. The van der Waals surface area contributed by atoms with Gasteiger partial charge in [0.25, 0.3) is 5.56 Å². The topological polar surface area (TPSA) is 77.8 Å². The van der Waals surface area contributed by atoms with Gasteiger partial charge in [-0.1, -0.05) is 22.9 Å². The van der Waals surface area contributed by atoms with E-state index in [-0.39, 0.29) is 16.3 Å². The molecule has 90 valence electrons. The van der Waals surface area contributed by atoms with Gasteiger partial charge in [-0.25, -0.2) is 0 Å². The van der Waals surface area contributed by atoms with Crippen molar-refractivity contribution in [3.8, 4) is 0 Å². The molecule has 2 aromatic heterocycles. The van der Waals surface area contributed by atoms with E-state index in [0.717, 1.165) is 0 Å². The number of amides is 1. The van der Waals surface area contributed by atoms with Crippen molar-refractivity contribution >= 4 is 38.4 Å². The number of carbonyl (C=O) groups is 1. The first-order valence-corrected chi connectivity index (χ1v) is 6.18. The Kier molecular flexibility index (Phi) is 3.33. The zero-order valence-electron chi connectivity index (χ0n) is 9.21. The third-order valence-corrected chi connectivity index (χ3v) is 3.58. The standard InChI is InChI=1S/C11H12BrN3O2/c1-2-7(12)10(16)15-8-5-14-9-6(8)3-4-13-11(9)17/h3-5,7,14H,2H2,1H3,(H,13,17)(H,15,16)/t7-/m1/s1. The SMILES string of the molecule is CC[C@@H](Br)C(=O)Nc1c[nH]c2c(=O)[nH]ccc12. The van der Waals surface area contributed by atoms with E-state index in [4.69, 9.17) is 0 Å². The second-order valence-corrected chi connectivity index (χ2v) is 4.77. The van der Waals surface area contributed by atoms with Crippen LogP contribution >= 0.6 is 15.9 Å². The molecule has 5 nitrogen and oxygen atoms in total. The molecule has 1 atom stereocenters. The highest BCUT2D eigenvalue weighted by Crippen LogP contribution is 2.20. The van der Waals surface area contributed by atoms with Gasteiger partial charge >= 0.3 is 0 Å². The normalized spacial score (nSPS) is 12.6. The molecule has 1 amide bonds. The summed E-state index contributed by atoms with van der Waals surface area (Å²) in [4.78, 5) is 28.4. The van der Waals surface area contributed by atoms with Crippen LogP contribution in [0.15, 0.2) is 23.3 Å². The maximum absolute atomic E-state index is 11.7. The van der Waals surface area contributed by atoms with Gasteiger partial charge in [-0.2, -0.15) is 0 Å². The lowest BCUT2D eigenvalue weighted by Crippen LogP contribution is -2.21. The van der Waals surface area contributed by atoms with E-state index < -0.39 is 0 Å². The van der Waals surface area contributed by atoms with E-state index in [2.05, 4.69) is 31.2 Å². The molecule has 2 aromatic rings. The maximum Gasteiger partial charge on any atom is 0.272 e. The molecule has 6 heteroatoms. The molecule has 17 heavy (non-hydrogen) atoms. The number of rotatable bonds is 3. The fourth-order valence-electron chi connectivity index (χ4n) is 1.57. The molecule has 2 rings (SSSR count). The van der Waals surface area contributed by atoms with Crippen LogP contribution in [0.4, 0.5) is 5.69 Å². The molecule has 0 saturated carbocycles. The highest BCUT2D eigenvalue weighted by Gasteiger charge is 2.14. The Morgan fingerprint density at radius 2 is 2.29 bits per heavy atom. The Hall–Kier alpha value is -1.56. The molecule has 0 saturated heterocycles. The average molecular weight is 298 g/mol. The summed E-state index contributed by atoms with van der Waals surface area (Å²) >= 11 is 3.28. The van der Waals surface area contributed by atoms with Crippen molar-refractivity contribution in [3.05, 3.63) is 28.8 Å². The fourth-order valence-corrected chi connectivity index (χ4v) is 1.68. The molecule has 0 spiro atoms. The molecule has 0 fully saturated rings. The molecule has 0 aliphatic rings. The van der Waals surface area contributed by atoms with Crippen molar-refractivity contribution < 1.29 is 4.79 Å². The highest BCUT2D eigenvalue weighted by molar-refractivity contribution is 9.10. The van der Waals surface area contributed by atoms with Crippen LogP contribution in [0.3, 0.4) is 0 Å². The zero-order chi connectivity index (χ0) is 12.4. The van der Waals surface area contributed by atoms with Gasteiger partial charge in [0.1, 0.15) is 5.52 Å². The number of hydrogen-bond donors (Lipinski definition) is 3. The third kappa shape index (κ3) is 2.26. The summed E-state index contributed by atoms with van der Waals surface area (Å²) in [5.74, 6) is -0.117. The molecule has 0 aliphatic heterocycles. The number of anilines is 1. The van der Waals surface area contributed by atoms with Gasteiger partial charge in [-0.3, -0.25) is 9.59 Å². The molecule has 3 N–H and O–H groups in total. The van der Waals surface area contributed by atoms with Crippen molar-refractivity contribution in [1.82, 2.24) is 9.97 Å². The second-order valence-electron chi connectivity index (χ2n) is 3.66. The quantitative estimate of drug-likeness (QED) is 0.758. The summed E-state index contributed by atoms with van der Waals surface area (Å²) in [6.07, 6.45) is 3.88. The number of nitrogens with one attached hydrogen (secondary N) is 3. The number of alkyl halides is 1. The number of halogens is 1. The Morgan fingerprint density at radius 1 is 1.53 bits per heavy atom. The molecular weight excluding hydrogens is 286 g/mol. The van der Waals surface area contributed by atoms with Gasteiger partial charge < -0.3 is 15.3 Å². The zero-order valence-corrected chi connectivity index (χ0v) is 10.8. The van der Waals surface area contributed by atoms with E-state index in [1.54, 1.807) is 18.5 Å². The minimum absolute atomic E-state index is 0.117. The largest absolute Gasteiger partial charge is 0.355 e. The number of hydrogen-bond acceptors (Lipinski definition) is 2. The summed E-state index contributed by atoms with van der Waals surface area (Å²) in [7, 11) is 0. The predicted octanol–water partition coefficient (Wildman–Crippen LogP) is 1.97. The summed E-state index contributed by atoms with van der Waals surface area (Å²) in [5, 5.41) is 3.48. The molecule has 0 unspecified atom stereocenters. The number of aromatic amines is 2. The van der Waals surface area contributed by atoms with Crippen LogP contribution in [0.2, 0.25) is 0 Å². The lowest BCUT2D eigenvalue weighted by Gasteiger charge is -2.07. The van der Waals surface area contributed by atoms with Crippen LogP contribution in [0, 0.1) is 0 Å². The van der Waals surface area contributed by atoms with Gasteiger partial charge in [-0.05, 0) is 12.5 Å². The van der Waals surface area contributed by atoms with Crippen LogP contribution in [0.25, 0.3) is 10.9 Å². The van der Waals surface area contributed by atoms with Gasteiger partial charge in [0, 0.05) is 17.8 Å². The van der Waals surface area contributed by atoms with E-state index in [1.165, 1.54) is 0 Å². The van der Waals surface area contributed by atoms with Crippen molar-refractivity contribution in [2.45, 2.75) is 18.2 Å². The van der Waals surface area contributed by atoms with E-state index in [1.807, 2.05) is 6.92 Å². The predicted molar refractivity (Wildman–Crippen MR) is 70.6 cm³/mol. The van der Waals surface area contributed by atoms with Gasteiger partial charge in [-0.15, -0.1) is 0 Å². The second kappa shape index (κ2) is 4.75. The molecular formula is C11H12BrN3O2. The Balaban J connectivity index is 2.35. The fraction of sp³-hybridized carbons (Fsp3) is 0.273. The number of H-pyrrole nitrogens is 2. The number of fused-ring (bicyclic) bond motifs is 1. The number of carbonyl (C=O) groups excluding carboxylic acids is 1. The molecule has 0 radical (unpaired) electrons. The van der Waals surface area contributed by atoms with Crippen LogP contribution in [0.1, 0.15) is 13.3 Å². The summed E-state index contributed by atoms with van der Waals surface area (Å²) < 4.78 is 0. The van der Waals surface area contributed by atoms with Crippen LogP contribution in [0.5, 0.6) is 0 Å². The van der Waals surface area contributed by atoms with Gasteiger partial charge in [0.15, 0.2) is 0 Å². The first-order valence-electron chi connectivity index (χ1n) is 5.27. The smallest absolute Gasteiger partial charge is 0.272 e. The highest BCUT2D eigenvalue weighted by atomic mass is 79.9. The Bertz CT molecular complexity index is 602. The lowest BCUT2D eigenvalue weighted by atomic mass is 10.2. The van der Waals surface area contributed by atoms with Gasteiger partial charge in [0.05, 0.1) is 10.5 Å². The van der Waals surface area contributed by atoms with Crippen molar-refractivity contribution in [3.63, 3.8) is 0 Å². The monoisotopic (exact) mass is 297 g/mol. The number of aromatic nitrogens is 2.